The Hall–Kier alpha value is -3.77. The Balaban J connectivity index is 1.76. The van der Waals surface area contributed by atoms with Gasteiger partial charge in [0, 0.05) is 24.4 Å². The van der Waals surface area contributed by atoms with Crippen LogP contribution in [0.25, 0.3) is 6.08 Å². The molecule has 4 rings (SSSR count). The van der Waals surface area contributed by atoms with E-state index in [1.165, 1.54) is 54.3 Å². The monoisotopic (exact) mass is 539 g/mol. The molecule has 0 saturated heterocycles. The van der Waals surface area contributed by atoms with Crippen LogP contribution in [-0.2, 0) is 24.8 Å². The van der Waals surface area contributed by atoms with Crippen molar-refractivity contribution in [2.75, 3.05) is 0 Å². The fourth-order valence-corrected chi connectivity index (χ4v) is 7.06. The van der Waals surface area contributed by atoms with Crippen LogP contribution in [0.1, 0.15) is 22.6 Å². The molecular weight excluding hydrogens is 514 g/mol. The second-order valence-electron chi connectivity index (χ2n) is 8.46. The second kappa shape index (κ2) is 10.3. The quantitative estimate of drug-likeness (QED) is 0.174. The van der Waals surface area contributed by atoms with E-state index in [2.05, 4.69) is 4.72 Å². The Labute approximate surface area is 215 Å². The van der Waals surface area contributed by atoms with Crippen molar-refractivity contribution in [2.24, 2.45) is 0 Å². The first kappa shape index (κ1) is 26.3. The Morgan fingerprint density at radius 3 is 2.24 bits per heavy atom. The SMILES string of the molecule is Cc1ccc(S(=O)(=O)NC2(S(=O)(=O)n3ccc(/C=C/C(=O)NO)c3)C=CC(c3ccccc3)C=C2)cc1. The van der Waals surface area contributed by atoms with Gasteiger partial charge in [-0.3, -0.25) is 14.0 Å². The lowest BCUT2D eigenvalue weighted by molar-refractivity contribution is -0.124. The zero-order chi connectivity index (χ0) is 26.7. The normalized spacial score (nSPS) is 19.8. The summed E-state index contributed by atoms with van der Waals surface area (Å²) in [5.41, 5.74) is 3.56. The van der Waals surface area contributed by atoms with Crippen molar-refractivity contribution in [3.8, 4) is 0 Å². The van der Waals surface area contributed by atoms with Crippen LogP contribution in [0.4, 0.5) is 0 Å². The van der Waals surface area contributed by atoms with E-state index >= 15 is 0 Å². The number of hydrogen-bond acceptors (Lipinski definition) is 6. The molecular formula is C26H25N3O6S2. The Morgan fingerprint density at radius 2 is 1.62 bits per heavy atom. The number of nitrogens with zero attached hydrogens (tertiary/aromatic N) is 1. The molecule has 192 valence electrons. The minimum absolute atomic E-state index is 0.0780. The Morgan fingerprint density at radius 1 is 0.973 bits per heavy atom. The molecule has 9 nitrogen and oxygen atoms in total. The number of hydrogen-bond donors (Lipinski definition) is 3. The van der Waals surface area contributed by atoms with E-state index in [0.29, 0.717) is 5.56 Å². The molecule has 0 bridgehead atoms. The van der Waals surface area contributed by atoms with E-state index < -0.39 is 30.8 Å². The zero-order valence-electron chi connectivity index (χ0n) is 19.7. The fourth-order valence-electron chi connectivity index (χ4n) is 3.81. The highest BCUT2D eigenvalue weighted by molar-refractivity contribution is 7.94. The minimum Gasteiger partial charge on any atom is -0.288 e. The van der Waals surface area contributed by atoms with Crippen LogP contribution in [0, 0.1) is 6.92 Å². The molecule has 0 saturated carbocycles. The summed E-state index contributed by atoms with van der Waals surface area (Å²) in [4.78, 5) is 9.07. The van der Waals surface area contributed by atoms with E-state index in [1.807, 2.05) is 37.3 Å². The van der Waals surface area contributed by atoms with Crippen molar-refractivity contribution < 1.29 is 26.8 Å². The third-order valence-corrected chi connectivity index (χ3v) is 9.48. The zero-order valence-corrected chi connectivity index (χ0v) is 21.4. The maximum Gasteiger partial charge on any atom is 0.267 e. The highest BCUT2D eigenvalue weighted by Gasteiger charge is 2.45. The third kappa shape index (κ3) is 5.49. The average molecular weight is 540 g/mol. The summed E-state index contributed by atoms with van der Waals surface area (Å²) in [5, 5.41) is 8.64. The predicted molar refractivity (Wildman–Crippen MR) is 139 cm³/mol. The maximum absolute atomic E-state index is 13.9. The molecule has 3 aromatic rings. The summed E-state index contributed by atoms with van der Waals surface area (Å²) < 4.78 is 57.8. The number of carbonyl (C=O) groups excluding carboxylic acids is 1. The van der Waals surface area contributed by atoms with E-state index in [0.717, 1.165) is 21.2 Å². The summed E-state index contributed by atoms with van der Waals surface area (Å²) in [6.07, 6.45) is 10.8. The lowest BCUT2D eigenvalue weighted by atomic mass is 9.93. The van der Waals surface area contributed by atoms with Gasteiger partial charge in [0.25, 0.3) is 15.9 Å². The van der Waals surface area contributed by atoms with Crippen molar-refractivity contribution in [2.45, 2.75) is 22.6 Å². The molecule has 3 N–H and O–H groups in total. The van der Waals surface area contributed by atoms with E-state index in [-0.39, 0.29) is 10.8 Å². The molecule has 0 aliphatic heterocycles. The Kier molecular flexibility index (Phi) is 7.32. The molecule has 1 amide bonds. The summed E-state index contributed by atoms with van der Waals surface area (Å²) in [5.74, 6) is -1.04. The molecule has 1 aliphatic rings. The second-order valence-corrected chi connectivity index (χ2v) is 12.2. The first-order valence-electron chi connectivity index (χ1n) is 11.2. The van der Waals surface area contributed by atoms with Crippen LogP contribution >= 0.6 is 0 Å². The summed E-state index contributed by atoms with van der Waals surface area (Å²) in [7, 11) is -8.70. The van der Waals surface area contributed by atoms with Gasteiger partial charge in [0.05, 0.1) is 4.90 Å². The van der Waals surface area contributed by atoms with Crippen LogP contribution in [0.2, 0.25) is 0 Å². The fraction of sp³-hybridized carbons (Fsp3) is 0.115. The van der Waals surface area contributed by atoms with Crippen molar-refractivity contribution >= 4 is 32.0 Å². The standard InChI is InChI=1S/C26H25N3O6S2/c1-20-7-10-24(11-8-20)36(32,33)28-26(16-13-23(14-17-26)22-5-3-2-4-6-22)37(34,35)29-18-15-21(19-29)9-12-25(30)27-31/h2-19,23,28,31H,1H3,(H,27,30)/b12-9+. The number of sulfonamides is 1. The molecule has 2 aromatic carbocycles. The van der Waals surface area contributed by atoms with Crippen LogP contribution < -0.4 is 10.2 Å². The van der Waals surface area contributed by atoms with Crippen LogP contribution in [-0.4, -0.2) is 36.8 Å². The number of nitrogens with one attached hydrogen (secondary N) is 2. The van der Waals surface area contributed by atoms with Gasteiger partial charge >= 0.3 is 0 Å². The van der Waals surface area contributed by atoms with Gasteiger partial charge in [-0.05, 0) is 54.5 Å². The van der Waals surface area contributed by atoms with E-state index in [4.69, 9.17) is 5.21 Å². The van der Waals surface area contributed by atoms with Crippen molar-refractivity contribution in [3.63, 3.8) is 0 Å². The number of allylic oxidation sites excluding steroid dienone is 2. The first-order valence-corrected chi connectivity index (χ1v) is 14.1. The van der Waals surface area contributed by atoms with Gasteiger partial charge in [0.15, 0.2) is 4.87 Å². The Bertz CT molecular complexity index is 1570. The molecule has 0 spiro atoms. The maximum atomic E-state index is 13.9. The smallest absolute Gasteiger partial charge is 0.267 e. The number of aromatic nitrogens is 1. The molecule has 1 aromatic heterocycles. The van der Waals surface area contributed by atoms with Crippen molar-refractivity contribution in [1.82, 2.24) is 14.2 Å². The molecule has 0 radical (unpaired) electrons. The largest absolute Gasteiger partial charge is 0.288 e. The first-order chi connectivity index (χ1) is 17.6. The summed E-state index contributed by atoms with van der Waals surface area (Å²) in [6.45, 7) is 1.81. The number of benzene rings is 2. The lowest BCUT2D eigenvalue weighted by Gasteiger charge is -2.31. The summed E-state index contributed by atoms with van der Waals surface area (Å²) >= 11 is 0. The highest BCUT2D eigenvalue weighted by atomic mass is 32.2. The molecule has 1 aliphatic carbocycles. The van der Waals surface area contributed by atoms with Gasteiger partial charge in [-0.2, -0.15) is 4.72 Å². The van der Waals surface area contributed by atoms with E-state index in [1.54, 1.807) is 24.3 Å². The van der Waals surface area contributed by atoms with Gasteiger partial charge in [0.2, 0.25) is 10.0 Å². The summed E-state index contributed by atoms with van der Waals surface area (Å²) in [6, 6.07) is 16.9. The minimum atomic E-state index is -4.43. The molecule has 11 heteroatoms. The molecule has 0 unspecified atom stereocenters. The van der Waals surface area contributed by atoms with Gasteiger partial charge < -0.3 is 0 Å². The molecule has 37 heavy (non-hydrogen) atoms. The number of amides is 1. The number of rotatable bonds is 8. The predicted octanol–water partition coefficient (Wildman–Crippen LogP) is 3.08. The third-order valence-electron chi connectivity index (χ3n) is 5.84. The topological polar surface area (TPSA) is 135 Å². The number of aryl methyl sites for hydroxylation is 1. The van der Waals surface area contributed by atoms with Crippen LogP contribution in [0.15, 0.2) is 108 Å². The van der Waals surface area contributed by atoms with Gasteiger partial charge in [-0.1, -0.05) is 60.2 Å². The van der Waals surface area contributed by atoms with Gasteiger partial charge in [-0.25, -0.2) is 22.3 Å². The molecule has 1 heterocycles. The molecule has 0 atom stereocenters. The van der Waals surface area contributed by atoms with Gasteiger partial charge in [-0.15, -0.1) is 0 Å². The highest BCUT2D eigenvalue weighted by Crippen LogP contribution is 2.33. The van der Waals surface area contributed by atoms with E-state index in [9.17, 15) is 21.6 Å². The molecule has 0 fully saturated rings. The van der Waals surface area contributed by atoms with Crippen LogP contribution in [0.3, 0.4) is 0 Å². The van der Waals surface area contributed by atoms with Gasteiger partial charge in [0.1, 0.15) is 0 Å². The number of hydroxylamine groups is 1. The number of carbonyl (C=O) groups is 1. The lowest BCUT2D eigenvalue weighted by Crippen LogP contribution is -2.53. The van der Waals surface area contributed by atoms with Crippen LogP contribution in [0.5, 0.6) is 0 Å². The van der Waals surface area contributed by atoms with Crippen molar-refractivity contribution in [3.05, 3.63) is 120 Å². The van der Waals surface area contributed by atoms with Crippen molar-refractivity contribution in [1.29, 1.82) is 0 Å². The average Bonchev–Trinajstić information content (AvgIpc) is 3.38.